The topological polar surface area (TPSA) is 80.5 Å². The fraction of sp³-hybridized carbons (Fsp3) is 0.500. The number of rotatable bonds is 7. The molecule has 1 aromatic carbocycles. The van der Waals surface area contributed by atoms with Gasteiger partial charge in [0.1, 0.15) is 18.8 Å². The maximum Gasteiger partial charge on any atom is 0.290 e. The molecule has 7 heteroatoms. The summed E-state index contributed by atoms with van der Waals surface area (Å²) in [5.41, 5.74) is 0.958. The number of ketones is 1. The molecule has 2 aliphatic heterocycles. The number of ether oxygens (including phenoxy) is 2. The van der Waals surface area contributed by atoms with Gasteiger partial charge in [-0.15, -0.1) is 0 Å². The van der Waals surface area contributed by atoms with Crippen LogP contribution in [-0.4, -0.2) is 67.7 Å². The zero-order valence-electron chi connectivity index (χ0n) is 15.9. The minimum Gasteiger partial charge on any atom is -0.503 e. The van der Waals surface area contributed by atoms with Crippen LogP contribution in [0.1, 0.15) is 25.5 Å². The van der Waals surface area contributed by atoms with Crippen LogP contribution in [0.2, 0.25) is 0 Å². The summed E-state index contributed by atoms with van der Waals surface area (Å²) in [5.74, 6) is -0.474. The van der Waals surface area contributed by atoms with E-state index in [2.05, 4.69) is 0 Å². The van der Waals surface area contributed by atoms with E-state index in [1.54, 1.807) is 4.90 Å². The molecule has 0 radical (unpaired) electrons. The monoisotopic (exact) mass is 375 g/mol. The van der Waals surface area contributed by atoms with Gasteiger partial charge in [-0.1, -0.05) is 12.1 Å². The number of carbonyl (C=O) groups excluding carboxylic acids is 2. The number of benzene rings is 1. The molecule has 0 saturated carbocycles. The summed E-state index contributed by atoms with van der Waals surface area (Å²) in [6.07, 6.45) is 0. The Morgan fingerprint density at radius 2 is 1.96 bits per heavy atom. The van der Waals surface area contributed by atoms with Crippen molar-refractivity contribution in [3.8, 4) is 5.75 Å². The number of hydrogen-bond acceptors (Lipinski definition) is 5. The summed E-state index contributed by atoms with van der Waals surface area (Å²) in [4.78, 5) is 27.8. The number of nitrogens with one attached hydrogen (secondary N) is 1. The number of nitrogens with zero attached hydrogens (tertiary/aromatic N) is 1. The summed E-state index contributed by atoms with van der Waals surface area (Å²) < 4.78 is 10.8. The van der Waals surface area contributed by atoms with Gasteiger partial charge in [0.25, 0.3) is 5.91 Å². The zero-order chi connectivity index (χ0) is 19.4. The molecule has 0 aliphatic carbocycles. The van der Waals surface area contributed by atoms with E-state index < -0.39 is 17.7 Å². The van der Waals surface area contributed by atoms with E-state index in [1.807, 2.05) is 31.2 Å². The van der Waals surface area contributed by atoms with Crippen molar-refractivity contribution < 1.29 is 29.1 Å². The lowest BCUT2D eigenvalue weighted by atomic mass is 9.96. The molecule has 0 unspecified atom stereocenters. The SMILES string of the molecule is CCOc1ccc([C@@H]2C(C(C)=O)=C(O)C(=O)N2CC[NH+]2CCOCC2)cc1. The molecule has 1 aromatic rings. The van der Waals surface area contributed by atoms with E-state index in [0.29, 0.717) is 26.4 Å². The quantitative estimate of drug-likeness (QED) is 0.716. The van der Waals surface area contributed by atoms with Crippen molar-refractivity contribution in [2.24, 2.45) is 0 Å². The van der Waals surface area contributed by atoms with E-state index in [4.69, 9.17) is 9.47 Å². The molecule has 146 valence electrons. The zero-order valence-corrected chi connectivity index (χ0v) is 15.9. The fourth-order valence-corrected chi connectivity index (χ4v) is 3.69. The van der Waals surface area contributed by atoms with E-state index in [9.17, 15) is 14.7 Å². The van der Waals surface area contributed by atoms with Gasteiger partial charge in [-0.3, -0.25) is 9.59 Å². The van der Waals surface area contributed by atoms with Crippen LogP contribution in [0.5, 0.6) is 5.75 Å². The average Bonchev–Trinajstić information content (AvgIpc) is 2.93. The summed E-state index contributed by atoms with van der Waals surface area (Å²) in [6.45, 7) is 8.30. The van der Waals surface area contributed by atoms with Gasteiger partial charge in [0.2, 0.25) is 0 Å². The van der Waals surface area contributed by atoms with Crippen molar-refractivity contribution in [3.05, 3.63) is 41.2 Å². The number of morpholine rings is 1. The molecule has 1 amide bonds. The molecule has 1 atom stereocenters. The molecule has 3 rings (SSSR count). The van der Waals surface area contributed by atoms with E-state index >= 15 is 0 Å². The van der Waals surface area contributed by atoms with Crippen LogP contribution in [-0.2, 0) is 14.3 Å². The Labute approximate surface area is 159 Å². The second-order valence-corrected chi connectivity index (χ2v) is 6.83. The normalized spacial score (nSPS) is 21.0. The van der Waals surface area contributed by atoms with Crippen LogP contribution < -0.4 is 9.64 Å². The number of aliphatic hydroxyl groups excluding tert-OH is 1. The summed E-state index contributed by atoms with van der Waals surface area (Å²) in [6, 6.07) is 6.77. The van der Waals surface area contributed by atoms with Crippen molar-refractivity contribution >= 4 is 11.7 Å². The van der Waals surface area contributed by atoms with Gasteiger partial charge in [-0.25, -0.2) is 0 Å². The Kier molecular flexibility index (Phi) is 6.13. The van der Waals surface area contributed by atoms with Gasteiger partial charge >= 0.3 is 0 Å². The van der Waals surface area contributed by atoms with Crippen LogP contribution in [0.4, 0.5) is 0 Å². The molecule has 27 heavy (non-hydrogen) atoms. The number of carbonyl (C=O) groups is 2. The van der Waals surface area contributed by atoms with Crippen LogP contribution in [0.3, 0.4) is 0 Å². The maximum absolute atomic E-state index is 12.7. The van der Waals surface area contributed by atoms with Gasteiger partial charge in [-0.2, -0.15) is 0 Å². The van der Waals surface area contributed by atoms with E-state index in [0.717, 1.165) is 30.9 Å². The molecule has 0 spiro atoms. The lowest BCUT2D eigenvalue weighted by Gasteiger charge is -2.30. The lowest BCUT2D eigenvalue weighted by molar-refractivity contribution is -0.907. The summed E-state index contributed by atoms with van der Waals surface area (Å²) >= 11 is 0. The van der Waals surface area contributed by atoms with Crippen LogP contribution in [0, 0.1) is 0 Å². The smallest absolute Gasteiger partial charge is 0.290 e. The van der Waals surface area contributed by atoms with E-state index in [-0.39, 0.29) is 11.4 Å². The largest absolute Gasteiger partial charge is 0.503 e. The Morgan fingerprint density at radius 3 is 2.56 bits per heavy atom. The molecule has 2 heterocycles. The van der Waals surface area contributed by atoms with Gasteiger partial charge in [0, 0.05) is 0 Å². The third-order valence-corrected chi connectivity index (χ3v) is 5.10. The number of hydrogen-bond donors (Lipinski definition) is 2. The number of aliphatic hydroxyl groups is 1. The van der Waals surface area contributed by atoms with Crippen molar-refractivity contribution in [1.29, 1.82) is 0 Å². The van der Waals surface area contributed by atoms with Crippen LogP contribution >= 0.6 is 0 Å². The van der Waals surface area contributed by atoms with E-state index in [1.165, 1.54) is 11.8 Å². The first-order valence-electron chi connectivity index (χ1n) is 9.42. The third kappa shape index (κ3) is 4.14. The first kappa shape index (κ1) is 19.4. The molecule has 0 aromatic heterocycles. The Hall–Kier alpha value is -2.38. The minimum atomic E-state index is -0.564. The van der Waals surface area contributed by atoms with Crippen molar-refractivity contribution in [2.75, 3.05) is 46.0 Å². The number of quaternary nitrogens is 1. The van der Waals surface area contributed by atoms with Gasteiger partial charge in [-0.05, 0) is 31.5 Å². The highest BCUT2D eigenvalue weighted by Gasteiger charge is 2.42. The minimum absolute atomic E-state index is 0.168. The highest BCUT2D eigenvalue weighted by Crippen LogP contribution is 2.37. The second kappa shape index (κ2) is 8.54. The Morgan fingerprint density at radius 1 is 1.30 bits per heavy atom. The molecule has 7 nitrogen and oxygen atoms in total. The van der Waals surface area contributed by atoms with Crippen LogP contribution in [0.25, 0.3) is 0 Å². The predicted molar refractivity (Wildman–Crippen MR) is 98.8 cm³/mol. The number of amides is 1. The van der Waals surface area contributed by atoms with Crippen molar-refractivity contribution in [1.82, 2.24) is 4.90 Å². The maximum atomic E-state index is 12.7. The lowest BCUT2D eigenvalue weighted by Crippen LogP contribution is -3.14. The van der Waals surface area contributed by atoms with Crippen LogP contribution in [0.15, 0.2) is 35.6 Å². The molecule has 2 aliphatic rings. The summed E-state index contributed by atoms with van der Waals surface area (Å²) in [5, 5.41) is 10.3. The highest BCUT2D eigenvalue weighted by molar-refractivity contribution is 6.08. The molecule has 1 fully saturated rings. The summed E-state index contributed by atoms with van der Waals surface area (Å²) in [7, 11) is 0. The molecular formula is C20H27N2O5+. The Bertz CT molecular complexity index is 722. The predicted octanol–water partition coefficient (Wildman–Crippen LogP) is 0.285. The highest BCUT2D eigenvalue weighted by atomic mass is 16.5. The first-order valence-corrected chi connectivity index (χ1v) is 9.42. The molecule has 1 saturated heterocycles. The van der Waals surface area contributed by atoms with Gasteiger partial charge in [0.15, 0.2) is 11.5 Å². The molecule has 2 N–H and O–H groups in total. The van der Waals surface area contributed by atoms with Crippen molar-refractivity contribution in [3.63, 3.8) is 0 Å². The fourth-order valence-electron chi connectivity index (χ4n) is 3.69. The first-order chi connectivity index (χ1) is 13.0. The van der Waals surface area contributed by atoms with Crippen molar-refractivity contribution in [2.45, 2.75) is 19.9 Å². The molecular weight excluding hydrogens is 348 g/mol. The Balaban J connectivity index is 1.83. The third-order valence-electron chi connectivity index (χ3n) is 5.10. The number of Topliss-reactive ketones (excluding diaryl/α,β-unsaturated/α-hetero) is 1. The average molecular weight is 375 g/mol. The standard InChI is InChI=1S/C20H26N2O5/c1-3-27-16-6-4-15(5-7-16)18-17(14(2)23)19(24)20(25)22(18)9-8-21-10-12-26-13-11-21/h4-7,18,24H,3,8-13H2,1-2H3/p+1/t18-/m1/s1. The second-order valence-electron chi connectivity index (χ2n) is 6.83. The van der Waals surface area contributed by atoms with Gasteiger partial charge in [0.05, 0.1) is 44.5 Å². The van der Waals surface area contributed by atoms with Gasteiger partial charge < -0.3 is 24.4 Å². The molecule has 0 bridgehead atoms.